The van der Waals surface area contributed by atoms with Crippen molar-refractivity contribution in [3.63, 3.8) is 0 Å². The van der Waals surface area contributed by atoms with Gasteiger partial charge in [0, 0.05) is 5.41 Å². The molecule has 0 fully saturated rings. The van der Waals surface area contributed by atoms with Crippen LogP contribution < -0.4 is 4.74 Å². The Labute approximate surface area is 113 Å². The predicted octanol–water partition coefficient (Wildman–Crippen LogP) is 2.94. The van der Waals surface area contributed by atoms with Gasteiger partial charge in [0.05, 0.1) is 19.3 Å². The highest BCUT2D eigenvalue weighted by atomic mass is 16.5. The molecule has 0 atom stereocenters. The third-order valence-electron chi connectivity index (χ3n) is 3.74. The first kappa shape index (κ1) is 13.9. The first-order chi connectivity index (χ1) is 8.69. The van der Waals surface area contributed by atoms with Crippen molar-refractivity contribution in [2.24, 2.45) is 0 Å². The summed E-state index contributed by atoms with van der Waals surface area (Å²) in [4.78, 5) is 11.3. The molecule has 0 bridgehead atoms. The lowest BCUT2D eigenvalue weighted by molar-refractivity contribution is -0.0588. The molecular weight excluding hydrogens is 244 g/mol. The quantitative estimate of drug-likeness (QED) is 0.892. The van der Waals surface area contributed by atoms with E-state index >= 15 is 0 Å². The van der Waals surface area contributed by atoms with Gasteiger partial charge in [0.2, 0.25) is 0 Å². The van der Waals surface area contributed by atoms with E-state index in [1.807, 2.05) is 19.9 Å². The van der Waals surface area contributed by atoms with Crippen LogP contribution in [0.25, 0.3) is 0 Å². The Kier molecular flexibility index (Phi) is 3.09. The van der Waals surface area contributed by atoms with Gasteiger partial charge >= 0.3 is 5.97 Å². The Hall–Kier alpha value is -1.55. The topological polar surface area (TPSA) is 55.8 Å². The largest absolute Gasteiger partial charge is 0.496 e. The van der Waals surface area contributed by atoms with Crippen LogP contribution in [0.2, 0.25) is 0 Å². The van der Waals surface area contributed by atoms with Crippen molar-refractivity contribution in [3.05, 3.63) is 28.8 Å². The highest BCUT2D eigenvalue weighted by Gasteiger charge is 2.39. The minimum absolute atomic E-state index is 0.158. The summed E-state index contributed by atoms with van der Waals surface area (Å²) in [5.74, 6) is -0.587. The molecule has 19 heavy (non-hydrogen) atoms. The molecule has 1 aromatic carbocycles. The number of carbonyl (C=O) groups is 1. The molecule has 0 saturated carbocycles. The van der Waals surface area contributed by atoms with Gasteiger partial charge in [-0.2, -0.15) is 0 Å². The average Bonchev–Trinajstić information content (AvgIpc) is 2.33. The van der Waals surface area contributed by atoms with Gasteiger partial charge < -0.3 is 14.6 Å². The molecule has 4 heteroatoms. The van der Waals surface area contributed by atoms with Gasteiger partial charge in [-0.1, -0.05) is 13.8 Å². The summed E-state index contributed by atoms with van der Waals surface area (Å²) in [6.07, 6.45) is 0. The van der Waals surface area contributed by atoms with Gasteiger partial charge in [-0.15, -0.1) is 0 Å². The fraction of sp³-hybridized carbons (Fsp3) is 0.533. The molecule has 4 nitrogen and oxygen atoms in total. The number of hydrogen-bond donors (Lipinski definition) is 1. The van der Waals surface area contributed by atoms with Crippen molar-refractivity contribution in [1.29, 1.82) is 0 Å². The van der Waals surface area contributed by atoms with Gasteiger partial charge in [0.15, 0.2) is 0 Å². The minimum Gasteiger partial charge on any atom is -0.496 e. The normalized spacial score (nSPS) is 19.6. The maximum absolute atomic E-state index is 11.3. The monoisotopic (exact) mass is 264 g/mol. The molecule has 104 valence electrons. The molecular formula is C15H20O4. The lowest BCUT2D eigenvalue weighted by atomic mass is 9.75. The van der Waals surface area contributed by atoms with Crippen molar-refractivity contribution in [3.8, 4) is 5.75 Å². The molecule has 1 aliphatic heterocycles. The zero-order valence-electron chi connectivity index (χ0n) is 12.0. The summed E-state index contributed by atoms with van der Waals surface area (Å²) in [6.45, 7) is 8.68. The molecule has 0 unspecified atom stereocenters. The van der Waals surface area contributed by atoms with Crippen LogP contribution in [0.1, 0.15) is 49.2 Å². The number of ether oxygens (including phenoxy) is 2. The summed E-state index contributed by atoms with van der Waals surface area (Å²) in [7, 11) is 1.49. The van der Waals surface area contributed by atoms with Crippen LogP contribution in [0, 0.1) is 0 Å². The summed E-state index contributed by atoms with van der Waals surface area (Å²) in [6, 6.07) is 3.51. The number of carboxylic acid groups (broad SMARTS) is 1. The van der Waals surface area contributed by atoms with E-state index in [-0.39, 0.29) is 11.0 Å². The summed E-state index contributed by atoms with van der Waals surface area (Å²) in [5, 5.41) is 9.28. The van der Waals surface area contributed by atoms with Crippen LogP contribution in [-0.4, -0.2) is 24.8 Å². The number of hydrogen-bond acceptors (Lipinski definition) is 3. The van der Waals surface area contributed by atoms with E-state index < -0.39 is 11.6 Å². The predicted molar refractivity (Wildman–Crippen MR) is 72.0 cm³/mol. The maximum Gasteiger partial charge on any atom is 0.339 e. The maximum atomic E-state index is 11.3. The molecule has 1 aliphatic rings. The number of aromatic carboxylic acids is 1. The fourth-order valence-corrected chi connectivity index (χ4v) is 2.49. The highest BCUT2D eigenvalue weighted by Crippen LogP contribution is 2.43. The van der Waals surface area contributed by atoms with Gasteiger partial charge in [0.25, 0.3) is 0 Å². The van der Waals surface area contributed by atoms with E-state index in [4.69, 9.17) is 9.47 Å². The van der Waals surface area contributed by atoms with E-state index in [1.54, 1.807) is 6.07 Å². The van der Waals surface area contributed by atoms with Gasteiger partial charge in [-0.3, -0.25) is 0 Å². The van der Waals surface area contributed by atoms with E-state index in [0.29, 0.717) is 12.4 Å². The van der Waals surface area contributed by atoms with Crippen LogP contribution >= 0.6 is 0 Å². The van der Waals surface area contributed by atoms with E-state index in [0.717, 1.165) is 11.1 Å². The van der Waals surface area contributed by atoms with E-state index in [1.165, 1.54) is 7.11 Å². The number of rotatable bonds is 2. The van der Waals surface area contributed by atoms with Crippen LogP contribution in [0.5, 0.6) is 5.75 Å². The fourth-order valence-electron chi connectivity index (χ4n) is 2.49. The lowest BCUT2D eigenvalue weighted by Gasteiger charge is -2.42. The van der Waals surface area contributed by atoms with Crippen LogP contribution in [0.4, 0.5) is 0 Å². The first-order valence-corrected chi connectivity index (χ1v) is 6.29. The van der Waals surface area contributed by atoms with Crippen LogP contribution in [-0.2, 0) is 15.8 Å². The molecule has 0 saturated heterocycles. The van der Waals surface area contributed by atoms with Crippen LogP contribution in [0.15, 0.2) is 12.1 Å². The molecule has 0 amide bonds. The molecule has 0 spiro atoms. The molecule has 1 heterocycles. The Morgan fingerprint density at radius 3 is 2.42 bits per heavy atom. The third-order valence-corrected chi connectivity index (χ3v) is 3.74. The second-order valence-electron chi connectivity index (χ2n) is 6.09. The summed E-state index contributed by atoms with van der Waals surface area (Å²) >= 11 is 0. The SMILES string of the molecule is COc1cc2c(cc1C(=O)O)C(C)(C)OCC2(C)C. The van der Waals surface area contributed by atoms with E-state index in [2.05, 4.69) is 13.8 Å². The van der Waals surface area contributed by atoms with E-state index in [9.17, 15) is 9.90 Å². The minimum atomic E-state index is -0.987. The Bertz CT molecular complexity index is 529. The van der Waals surface area contributed by atoms with Crippen molar-refractivity contribution in [2.45, 2.75) is 38.7 Å². The van der Waals surface area contributed by atoms with Crippen molar-refractivity contribution < 1.29 is 19.4 Å². The summed E-state index contributed by atoms with van der Waals surface area (Å²) in [5.41, 5.74) is 1.54. The standard InChI is InChI=1S/C15H20O4/c1-14(2)8-19-15(3,4)11-6-9(13(16)17)12(18-5)7-10(11)14/h6-7H,8H2,1-5H3,(H,16,17). The molecule has 1 aromatic rings. The number of methoxy groups -OCH3 is 1. The summed E-state index contributed by atoms with van der Waals surface area (Å²) < 4.78 is 11.1. The molecule has 2 rings (SSSR count). The van der Waals surface area contributed by atoms with Gasteiger partial charge in [0.1, 0.15) is 11.3 Å². The van der Waals surface area contributed by atoms with Crippen LogP contribution in [0.3, 0.4) is 0 Å². The Balaban J connectivity index is 2.74. The average molecular weight is 264 g/mol. The number of benzene rings is 1. The second-order valence-corrected chi connectivity index (χ2v) is 6.09. The van der Waals surface area contributed by atoms with Gasteiger partial charge in [-0.25, -0.2) is 4.79 Å². The van der Waals surface area contributed by atoms with Gasteiger partial charge in [-0.05, 0) is 37.1 Å². The zero-order chi connectivity index (χ0) is 14.4. The van der Waals surface area contributed by atoms with Crippen molar-refractivity contribution in [2.75, 3.05) is 13.7 Å². The Morgan fingerprint density at radius 2 is 1.89 bits per heavy atom. The molecule has 0 radical (unpaired) electrons. The highest BCUT2D eigenvalue weighted by molar-refractivity contribution is 5.91. The smallest absolute Gasteiger partial charge is 0.339 e. The van der Waals surface area contributed by atoms with Crippen molar-refractivity contribution >= 4 is 5.97 Å². The molecule has 1 N–H and O–H groups in total. The Morgan fingerprint density at radius 1 is 1.26 bits per heavy atom. The third kappa shape index (κ3) is 2.21. The number of carboxylic acids is 1. The molecule has 0 aliphatic carbocycles. The zero-order valence-corrected chi connectivity index (χ0v) is 12.0. The number of fused-ring (bicyclic) bond motifs is 1. The molecule has 0 aromatic heterocycles. The van der Waals surface area contributed by atoms with Crippen molar-refractivity contribution in [1.82, 2.24) is 0 Å². The first-order valence-electron chi connectivity index (χ1n) is 6.29. The second kappa shape index (κ2) is 4.23. The lowest BCUT2D eigenvalue weighted by Crippen LogP contribution is -2.40.